The molecule has 2 aromatic carbocycles. The normalized spacial score (nSPS) is 15.7. The van der Waals surface area contributed by atoms with Crippen LogP contribution in [0.5, 0.6) is 11.5 Å². The molecule has 0 saturated heterocycles. The summed E-state index contributed by atoms with van der Waals surface area (Å²) in [6.07, 6.45) is 3.30. The predicted octanol–water partition coefficient (Wildman–Crippen LogP) is 3.65. The van der Waals surface area contributed by atoms with Crippen LogP contribution in [-0.4, -0.2) is 25.3 Å². The van der Waals surface area contributed by atoms with E-state index in [4.69, 9.17) is 10.00 Å². The number of ether oxygens (including phenoxy) is 1. The van der Waals surface area contributed by atoms with Crippen LogP contribution in [0.1, 0.15) is 31.2 Å². The van der Waals surface area contributed by atoms with Crippen LogP contribution in [-0.2, 0) is 14.6 Å². The van der Waals surface area contributed by atoms with Gasteiger partial charge in [0.05, 0.1) is 11.6 Å². The van der Waals surface area contributed by atoms with Gasteiger partial charge in [-0.05, 0) is 55.3 Å². The highest BCUT2D eigenvalue weighted by molar-refractivity contribution is 7.92. The number of nitrogens with one attached hydrogen (secondary N) is 1. The van der Waals surface area contributed by atoms with Gasteiger partial charge in [-0.2, -0.15) is 5.26 Å². The van der Waals surface area contributed by atoms with Crippen molar-refractivity contribution in [3.8, 4) is 17.6 Å². The highest BCUT2D eigenvalue weighted by atomic mass is 32.2. The minimum atomic E-state index is -3.50. The maximum atomic E-state index is 12.7. The minimum Gasteiger partial charge on any atom is -0.457 e. The zero-order valence-electron chi connectivity index (χ0n) is 14.9. The molecular weight excluding hydrogens is 364 g/mol. The lowest BCUT2D eigenvalue weighted by molar-refractivity contribution is -0.118. The number of carbonyl (C=O) groups excluding carboxylic acids is 1. The first-order chi connectivity index (χ1) is 12.8. The molecule has 0 radical (unpaired) electrons. The molecular formula is C20H20N2O4S. The summed E-state index contributed by atoms with van der Waals surface area (Å²) in [6.45, 7) is 0. The van der Waals surface area contributed by atoms with E-state index in [0.717, 1.165) is 19.1 Å². The maximum Gasteiger partial charge on any atom is 0.245 e. The standard InChI is InChI=1S/C20H20N2O4S/c1-27(24,25)20(11-2-3-12-20)19(23)22-16-7-9-17(10-8-16)26-18-6-4-5-15(13-18)14-21/h4-10,13H,2-3,11-12H2,1H3,(H,22,23). The zero-order chi connectivity index (χ0) is 19.5. The number of nitrogens with zero attached hydrogens (tertiary/aromatic N) is 1. The lowest BCUT2D eigenvalue weighted by Gasteiger charge is -2.25. The summed E-state index contributed by atoms with van der Waals surface area (Å²) in [4.78, 5) is 12.7. The van der Waals surface area contributed by atoms with Crippen molar-refractivity contribution in [1.82, 2.24) is 0 Å². The molecule has 2 aromatic rings. The Labute approximate surface area is 158 Å². The third-order valence-electron chi connectivity index (χ3n) is 4.85. The van der Waals surface area contributed by atoms with Gasteiger partial charge in [-0.1, -0.05) is 18.9 Å². The second kappa shape index (κ2) is 7.41. The molecule has 1 aliphatic carbocycles. The summed E-state index contributed by atoms with van der Waals surface area (Å²) in [5.74, 6) is 0.604. The zero-order valence-corrected chi connectivity index (χ0v) is 15.8. The first-order valence-electron chi connectivity index (χ1n) is 8.63. The van der Waals surface area contributed by atoms with E-state index in [0.29, 0.717) is 35.6 Å². The number of hydrogen-bond acceptors (Lipinski definition) is 5. The Morgan fingerprint density at radius 3 is 2.37 bits per heavy atom. The van der Waals surface area contributed by atoms with Crippen LogP contribution < -0.4 is 10.1 Å². The molecule has 6 nitrogen and oxygen atoms in total. The third-order valence-corrected chi connectivity index (χ3v) is 6.86. The highest BCUT2D eigenvalue weighted by Crippen LogP contribution is 2.37. The summed E-state index contributed by atoms with van der Waals surface area (Å²) in [6, 6.07) is 15.5. The van der Waals surface area contributed by atoms with Crippen molar-refractivity contribution in [2.45, 2.75) is 30.4 Å². The molecule has 0 aromatic heterocycles. The van der Waals surface area contributed by atoms with E-state index >= 15 is 0 Å². The lowest BCUT2D eigenvalue weighted by atomic mass is 10.1. The fraction of sp³-hybridized carbons (Fsp3) is 0.300. The van der Waals surface area contributed by atoms with Crippen molar-refractivity contribution in [3.05, 3.63) is 54.1 Å². The Kier molecular flexibility index (Phi) is 5.19. The Morgan fingerprint density at radius 1 is 1.11 bits per heavy atom. The molecule has 1 saturated carbocycles. The summed E-state index contributed by atoms with van der Waals surface area (Å²) < 4.78 is 28.7. The fourth-order valence-corrected chi connectivity index (χ4v) is 4.75. The number of anilines is 1. The largest absolute Gasteiger partial charge is 0.457 e. The van der Waals surface area contributed by atoms with Gasteiger partial charge >= 0.3 is 0 Å². The topological polar surface area (TPSA) is 96.3 Å². The molecule has 0 spiro atoms. The van der Waals surface area contributed by atoms with Gasteiger partial charge in [0.15, 0.2) is 14.6 Å². The molecule has 1 N–H and O–H groups in total. The van der Waals surface area contributed by atoms with Crippen LogP contribution in [0.15, 0.2) is 48.5 Å². The number of sulfone groups is 1. The van der Waals surface area contributed by atoms with Crippen LogP contribution in [0, 0.1) is 11.3 Å². The lowest BCUT2D eigenvalue weighted by Crippen LogP contribution is -2.47. The molecule has 1 aliphatic rings. The van der Waals surface area contributed by atoms with Crippen molar-refractivity contribution >= 4 is 21.4 Å². The van der Waals surface area contributed by atoms with Crippen LogP contribution in [0.25, 0.3) is 0 Å². The average Bonchev–Trinajstić information content (AvgIpc) is 3.15. The van der Waals surface area contributed by atoms with Crippen LogP contribution >= 0.6 is 0 Å². The molecule has 27 heavy (non-hydrogen) atoms. The Hall–Kier alpha value is -2.85. The van der Waals surface area contributed by atoms with Crippen molar-refractivity contribution in [1.29, 1.82) is 5.26 Å². The number of nitriles is 1. The average molecular weight is 384 g/mol. The monoisotopic (exact) mass is 384 g/mol. The second-order valence-corrected chi connectivity index (χ2v) is 9.02. The minimum absolute atomic E-state index is 0.355. The van der Waals surface area contributed by atoms with Crippen LogP contribution in [0.4, 0.5) is 5.69 Å². The van der Waals surface area contributed by atoms with Crippen LogP contribution in [0.3, 0.4) is 0 Å². The van der Waals surface area contributed by atoms with Crippen molar-refractivity contribution in [2.24, 2.45) is 0 Å². The predicted molar refractivity (Wildman–Crippen MR) is 102 cm³/mol. The van der Waals surface area contributed by atoms with Gasteiger partial charge in [0.2, 0.25) is 5.91 Å². The fourth-order valence-electron chi connectivity index (χ4n) is 3.33. The van der Waals surface area contributed by atoms with Gasteiger partial charge in [-0.25, -0.2) is 8.42 Å². The van der Waals surface area contributed by atoms with E-state index < -0.39 is 20.5 Å². The molecule has 0 unspecified atom stereocenters. The van der Waals surface area contributed by atoms with Gasteiger partial charge < -0.3 is 10.1 Å². The Bertz CT molecular complexity index is 985. The van der Waals surface area contributed by atoms with Crippen molar-refractivity contribution in [2.75, 3.05) is 11.6 Å². The van der Waals surface area contributed by atoms with Gasteiger partial charge in [0.25, 0.3) is 0 Å². The van der Waals surface area contributed by atoms with Crippen molar-refractivity contribution < 1.29 is 17.9 Å². The molecule has 7 heteroatoms. The van der Waals surface area contributed by atoms with E-state index in [1.54, 1.807) is 48.5 Å². The second-order valence-electron chi connectivity index (χ2n) is 6.69. The first-order valence-corrected chi connectivity index (χ1v) is 10.5. The molecule has 0 bridgehead atoms. The highest BCUT2D eigenvalue weighted by Gasteiger charge is 2.49. The van der Waals surface area contributed by atoms with Gasteiger partial charge in [-0.15, -0.1) is 0 Å². The molecule has 1 amide bonds. The number of carbonyl (C=O) groups is 1. The third kappa shape index (κ3) is 3.96. The van der Waals surface area contributed by atoms with Gasteiger partial charge in [0, 0.05) is 11.9 Å². The quantitative estimate of drug-likeness (QED) is 0.849. The SMILES string of the molecule is CS(=O)(=O)C1(C(=O)Nc2ccc(Oc3cccc(C#N)c3)cc2)CCCC1. The summed E-state index contributed by atoms with van der Waals surface area (Å²) in [5, 5.41) is 11.7. The smallest absolute Gasteiger partial charge is 0.245 e. The van der Waals surface area contributed by atoms with Gasteiger partial charge in [0.1, 0.15) is 11.5 Å². The van der Waals surface area contributed by atoms with Crippen molar-refractivity contribution in [3.63, 3.8) is 0 Å². The van der Waals surface area contributed by atoms with E-state index in [1.807, 2.05) is 6.07 Å². The Balaban J connectivity index is 1.72. The Morgan fingerprint density at radius 2 is 1.78 bits per heavy atom. The molecule has 1 fully saturated rings. The van der Waals surface area contributed by atoms with E-state index in [9.17, 15) is 13.2 Å². The van der Waals surface area contributed by atoms with E-state index in [2.05, 4.69) is 5.32 Å². The molecule has 3 rings (SSSR count). The summed E-state index contributed by atoms with van der Waals surface area (Å²) >= 11 is 0. The molecule has 0 atom stereocenters. The maximum absolute atomic E-state index is 12.7. The number of hydrogen-bond donors (Lipinski definition) is 1. The number of rotatable bonds is 5. The molecule has 0 aliphatic heterocycles. The van der Waals surface area contributed by atoms with E-state index in [-0.39, 0.29) is 0 Å². The van der Waals surface area contributed by atoms with E-state index in [1.165, 1.54) is 0 Å². The molecule has 0 heterocycles. The first kappa shape index (κ1) is 18.9. The molecule has 140 valence electrons. The number of benzene rings is 2. The van der Waals surface area contributed by atoms with Gasteiger partial charge in [-0.3, -0.25) is 4.79 Å². The summed E-state index contributed by atoms with van der Waals surface area (Å²) in [7, 11) is -3.50. The summed E-state index contributed by atoms with van der Waals surface area (Å²) in [5.41, 5.74) is 1.01. The number of amides is 1. The van der Waals surface area contributed by atoms with Crippen LogP contribution in [0.2, 0.25) is 0 Å².